The summed E-state index contributed by atoms with van der Waals surface area (Å²) >= 11 is 1.33. The molecule has 7 nitrogen and oxygen atoms in total. The molecule has 0 aromatic carbocycles. The van der Waals surface area contributed by atoms with Crippen LogP contribution in [0.4, 0.5) is 4.79 Å². The van der Waals surface area contributed by atoms with Crippen molar-refractivity contribution in [3.63, 3.8) is 0 Å². The number of carboxylic acids is 1. The normalized spacial score (nSPS) is 12.7. The van der Waals surface area contributed by atoms with Crippen molar-refractivity contribution >= 4 is 29.8 Å². The summed E-state index contributed by atoms with van der Waals surface area (Å²) in [6.07, 6.45) is 2.68. The van der Waals surface area contributed by atoms with Crippen molar-refractivity contribution in [2.24, 2.45) is 0 Å². The molecule has 0 radical (unpaired) electrons. The smallest absolute Gasteiger partial charge is 0.408 e. The average Bonchev–Trinajstić information content (AvgIpc) is 2.33. The molecule has 0 saturated carbocycles. The number of ether oxygens (including phenoxy) is 2. The van der Waals surface area contributed by atoms with Gasteiger partial charge in [-0.2, -0.15) is 11.8 Å². The van der Waals surface area contributed by atoms with Gasteiger partial charge < -0.3 is 19.9 Å². The molecular weight excluding hydrogens is 310 g/mol. The SMILES string of the molecule is CC(=O)OCC=CCSC[C@H](NC(=O)OC(C)(C)C)C(=O)O. The van der Waals surface area contributed by atoms with E-state index in [9.17, 15) is 14.4 Å². The molecule has 2 N–H and O–H groups in total. The summed E-state index contributed by atoms with van der Waals surface area (Å²) in [5.41, 5.74) is -0.681. The van der Waals surface area contributed by atoms with E-state index in [1.165, 1.54) is 18.7 Å². The monoisotopic (exact) mass is 333 g/mol. The number of carbonyl (C=O) groups excluding carboxylic acids is 2. The van der Waals surface area contributed by atoms with Crippen LogP contribution in [0.5, 0.6) is 0 Å². The second kappa shape index (κ2) is 10.1. The maximum atomic E-state index is 11.5. The zero-order chi connectivity index (χ0) is 17.2. The topological polar surface area (TPSA) is 102 Å². The Labute approximate surface area is 134 Å². The van der Waals surface area contributed by atoms with Gasteiger partial charge in [0.2, 0.25) is 0 Å². The van der Waals surface area contributed by atoms with Crippen LogP contribution in [-0.4, -0.2) is 52.9 Å². The average molecular weight is 333 g/mol. The van der Waals surface area contributed by atoms with Gasteiger partial charge in [0, 0.05) is 18.4 Å². The Morgan fingerprint density at radius 1 is 1.27 bits per heavy atom. The molecule has 0 aliphatic carbocycles. The molecule has 0 aromatic rings. The van der Waals surface area contributed by atoms with Crippen LogP contribution in [0.25, 0.3) is 0 Å². The number of thioether (sulfide) groups is 1. The van der Waals surface area contributed by atoms with Crippen LogP contribution >= 0.6 is 11.8 Å². The molecule has 8 heteroatoms. The van der Waals surface area contributed by atoms with Crippen LogP contribution in [0.15, 0.2) is 12.2 Å². The van der Waals surface area contributed by atoms with Crippen molar-refractivity contribution in [2.45, 2.75) is 39.3 Å². The number of aliphatic carboxylic acids is 1. The summed E-state index contributed by atoms with van der Waals surface area (Å²) in [5.74, 6) is -0.736. The Morgan fingerprint density at radius 2 is 1.91 bits per heavy atom. The van der Waals surface area contributed by atoms with Crippen LogP contribution in [-0.2, 0) is 19.1 Å². The molecule has 0 unspecified atom stereocenters. The third-order valence-electron chi connectivity index (χ3n) is 2.04. The Kier molecular flexibility index (Phi) is 9.32. The van der Waals surface area contributed by atoms with Crippen molar-refractivity contribution in [1.82, 2.24) is 5.32 Å². The third kappa shape index (κ3) is 12.1. The number of nitrogens with one attached hydrogen (secondary N) is 1. The van der Waals surface area contributed by atoms with Gasteiger partial charge in [0.25, 0.3) is 0 Å². The highest BCUT2D eigenvalue weighted by Gasteiger charge is 2.23. The summed E-state index contributed by atoms with van der Waals surface area (Å²) in [4.78, 5) is 33.1. The van der Waals surface area contributed by atoms with Crippen LogP contribution in [0.2, 0.25) is 0 Å². The van der Waals surface area contributed by atoms with Crippen molar-refractivity contribution in [3.8, 4) is 0 Å². The van der Waals surface area contributed by atoms with Crippen LogP contribution in [0, 0.1) is 0 Å². The predicted octanol–water partition coefficient (Wildman–Crippen LogP) is 1.82. The number of amides is 1. The van der Waals surface area contributed by atoms with Gasteiger partial charge in [-0.15, -0.1) is 0 Å². The number of alkyl carbamates (subject to hydrolysis) is 1. The minimum Gasteiger partial charge on any atom is -0.480 e. The van der Waals surface area contributed by atoms with E-state index < -0.39 is 23.7 Å². The largest absolute Gasteiger partial charge is 0.480 e. The van der Waals surface area contributed by atoms with Gasteiger partial charge in [0.15, 0.2) is 0 Å². The lowest BCUT2D eigenvalue weighted by molar-refractivity contribution is -0.140. The van der Waals surface area contributed by atoms with Gasteiger partial charge in [-0.1, -0.05) is 12.2 Å². The van der Waals surface area contributed by atoms with Gasteiger partial charge in [0.05, 0.1) is 0 Å². The first-order valence-electron chi connectivity index (χ1n) is 6.70. The van der Waals surface area contributed by atoms with Crippen molar-refractivity contribution in [1.29, 1.82) is 0 Å². The highest BCUT2D eigenvalue weighted by atomic mass is 32.2. The minimum atomic E-state index is -1.12. The molecule has 0 aliphatic heterocycles. The highest BCUT2D eigenvalue weighted by Crippen LogP contribution is 2.08. The first-order chi connectivity index (χ1) is 10.1. The summed E-state index contributed by atoms with van der Waals surface area (Å²) in [6.45, 7) is 6.61. The first-order valence-corrected chi connectivity index (χ1v) is 7.85. The lowest BCUT2D eigenvalue weighted by Crippen LogP contribution is -2.44. The molecule has 0 heterocycles. The molecule has 22 heavy (non-hydrogen) atoms. The van der Waals surface area contributed by atoms with Crippen molar-refractivity contribution in [2.75, 3.05) is 18.1 Å². The van der Waals surface area contributed by atoms with E-state index in [2.05, 4.69) is 5.32 Å². The molecule has 0 rings (SSSR count). The molecule has 0 bridgehead atoms. The van der Waals surface area contributed by atoms with Crippen molar-refractivity contribution < 1.29 is 29.0 Å². The molecule has 1 amide bonds. The third-order valence-corrected chi connectivity index (χ3v) is 3.03. The van der Waals surface area contributed by atoms with Gasteiger partial charge in [-0.05, 0) is 20.8 Å². The fourth-order valence-corrected chi connectivity index (χ4v) is 2.05. The van der Waals surface area contributed by atoms with E-state index in [0.717, 1.165) is 0 Å². The van der Waals surface area contributed by atoms with Crippen LogP contribution in [0.3, 0.4) is 0 Å². The lowest BCUT2D eigenvalue weighted by Gasteiger charge is -2.21. The minimum absolute atomic E-state index is 0.189. The molecule has 0 fully saturated rings. The molecule has 0 aliphatic rings. The molecule has 126 valence electrons. The zero-order valence-corrected chi connectivity index (χ0v) is 14.1. The zero-order valence-electron chi connectivity index (χ0n) is 13.3. The Hall–Kier alpha value is -1.70. The number of carbonyl (C=O) groups is 3. The fourth-order valence-electron chi connectivity index (χ4n) is 1.18. The van der Waals surface area contributed by atoms with Gasteiger partial charge in [0.1, 0.15) is 18.2 Å². The maximum Gasteiger partial charge on any atom is 0.408 e. The van der Waals surface area contributed by atoms with Gasteiger partial charge >= 0.3 is 18.0 Å². The first kappa shape index (κ1) is 20.3. The summed E-state index contributed by atoms with van der Waals surface area (Å²) in [6, 6.07) is -1.03. The second-order valence-corrected chi connectivity index (χ2v) is 6.42. The summed E-state index contributed by atoms with van der Waals surface area (Å²) < 4.78 is 9.72. The van der Waals surface area contributed by atoms with E-state index in [1.54, 1.807) is 32.9 Å². The molecule has 0 aromatic heterocycles. The number of hydrogen-bond acceptors (Lipinski definition) is 6. The van der Waals surface area contributed by atoms with Crippen LogP contribution < -0.4 is 5.32 Å². The van der Waals surface area contributed by atoms with Gasteiger partial charge in [-0.25, -0.2) is 9.59 Å². The number of carboxylic acid groups (broad SMARTS) is 1. The molecule has 1 atom stereocenters. The second-order valence-electron chi connectivity index (χ2n) is 5.35. The standard InChI is InChI=1S/C14H23NO6S/c1-10(16)20-7-5-6-8-22-9-11(12(17)18)15-13(19)21-14(2,3)4/h5-6,11H,7-9H2,1-4H3,(H,15,19)(H,17,18)/t11-/m0/s1. The van der Waals surface area contributed by atoms with Crippen molar-refractivity contribution in [3.05, 3.63) is 12.2 Å². The van der Waals surface area contributed by atoms with E-state index in [1.807, 2.05) is 0 Å². The maximum absolute atomic E-state index is 11.5. The van der Waals surface area contributed by atoms with E-state index in [-0.39, 0.29) is 18.3 Å². The molecular formula is C14H23NO6S. The number of rotatable bonds is 8. The Morgan fingerprint density at radius 3 is 2.41 bits per heavy atom. The Balaban J connectivity index is 4.08. The Bertz CT molecular complexity index is 416. The highest BCUT2D eigenvalue weighted by molar-refractivity contribution is 7.99. The number of esters is 1. The molecule has 0 saturated heterocycles. The predicted molar refractivity (Wildman–Crippen MR) is 83.9 cm³/mol. The van der Waals surface area contributed by atoms with Gasteiger partial charge in [-0.3, -0.25) is 4.79 Å². The number of hydrogen-bond donors (Lipinski definition) is 2. The lowest BCUT2D eigenvalue weighted by atomic mass is 10.2. The fraction of sp³-hybridized carbons (Fsp3) is 0.643. The quantitative estimate of drug-likeness (QED) is 0.397. The van der Waals surface area contributed by atoms with E-state index in [0.29, 0.717) is 5.75 Å². The molecule has 0 spiro atoms. The van der Waals surface area contributed by atoms with E-state index >= 15 is 0 Å². The van der Waals surface area contributed by atoms with E-state index in [4.69, 9.17) is 14.6 Å². The van der Waals surface area contributed by atoms with Crippen LogP contribution in [0.1, 0.15) is 27.7 Å². The summed E-state index contributed by atoms with van der Waals surface area (Å²) in [7, 11) is 0. The summed E-state index contributed by atoms with van der Waals surface area (Å²) in [5, 5.41) is 11.4.